The fraction of sp³-hybridized carbons (Fsp3) is 0.667. The van der Waals surface area contributed by atoms with Crippen LogP contribution in [0.5, 0.6) is 0 Å². The van der Waals surface area contributed by atoms with Crippen LogP contribution in [0.25, 0.3) is 0 Å². The molecule has 0 aromatic heterocycles. The van der Waals surface area contributed by atoms with Crippen LogP contribution < -0.4 is 10.6 Å². The Kier molecular flexibility index (Phi) is 7.63. The lowest BCUT2D eigenvalue weighted by molar-refractivity contribution is -0.125. The smallest absolute Gasteiger partial charge is 0.411 e. The molecule has 4 fully saturated rings. The van der Waals surface area contributed by atoms with E-state index in [1.54, 1.807) is 4.90 Å². The van der Waals surface area contributed by atoms with E-state index in [0.717, 1.165) is 43.5 Å². The summed E-state index contributed by atoms with van der Waals surface area (Å²) in [4.78, 5) is 40.9. The van der Waals surface area contributed by atoms with Gasteiger partial charge in [-0.05, 0) is 74.2 Å². The number of carbonyl (C=O) groups is 3. The monoisotopic (exact) mass is 531 g/mol. The molecule has 2 saturated heterocycles. The Morgan fingerprint density at radius 3 is 2.72 bits per heavy atom. The number of amides is 3. The Morgan fingerprint density at radius 1 is 1.25 bits per heavy atom. The number of benzene rings is 1. The van der Waals surface area contributed by atoms with Gasteiger partial charge in [0.1, 0.15) is 20.4 Å². The third-order valence-electron chi connectivity index (χ3n) is 8.70. The highest BCUT2D eigenvalue weighted by molar-refractivity contribution is 6.90. The van der Waals surface area contributed by atoms with Crippen molar-refractivity contribution in [2.24, 2.45) is 11.8 Å². The first kappa shape index (κ1) is 25.6. The van der Waals surface area contributed by atoms with E-state index in [1.807, 2.05) is 31.2 Å². The van der Waals surface area contributed by atoms with E-state index in [4.69, 9.17) is 16.3 Å². The van der Waals surface area contributed by atoms with E-state index >= 15 is 0 Å². The second kappa shape index (κ2) is 10.7. The summed E-state index contributed by atoms with van der Waals surface area (Å²) in [6.45, 7) is 3.32. The number of carbonyl (C=O) groups excluding carboxylic acids is 3. The highest BCUT2D eigenvalue weighted by Crippen LogP contribution is 2.50. The first-order chi connectivity index (χ1) is 17.3. The van der Waals surface area contributed by atoms with Crippen molar-refractivity contribution in [1.82, 2.24) is 15.5 Å². The predicted octanol–water partition coefficient (Wildman–Crippen LogP) is 4.77. The van der Waals surface area contributed by atoms with Crippen molar-refractivity contribution in [3.05, 3.63) is 34.9 Å². The molecule has 5 rings (SSSR count). The van der Waals surface area contributed by atoms with Crippen LogP contribution in [-0.2, 0) is 15.1 Å². The zero-order chi connectivity index (χ0) is 25.3. The molecule has 3 amide bonds. The topological polar surface area (TPSA) is 87.7 Å². The summed E-state index contributed by atoms with van der Waals surface area (Å²) in [5.41, 5.74) is 0.493. The van der Waals surface area contributed by atoms with Gasteiger partial charge < -0.3 is 15.4 Å². The summed E-state index contributed by atoms with van der Waals surface area (Å²) in [5, 5.41) is 6.76. The van der Waals surface area contributed by atoms with E-state index in [2.05, 4.69) is 10.6 Å². The number of halogens is 1. The highest BCUT2D eigenvalue weighted by atomic mass is 35.5. The van der Waals surface area contributed by atoms with Gasteiger partial charge >= 0.3 is 6.09 Å². The van der Waals surface area contributed by atoms with E-state index in [-0.39, 0.29) is 17.5 Å². The van der Waals surface area contributed by atoms with E-state index in [0.29, 0.717) is 29.8 Å². The molecule has 7 nitrogen and oxygen atoms in total. The quantitative estimate of drug-likeness (QED) is 0.496. The van der Waals surface area contributed by atoms with E-state index < -0.39 is 26.5 Å². The molecule has 0 spiro atoms. The number of hydrogen-bond donors (Lipinski definition) is 2. The number of hydrogen-bond acceptors (Lipinski definition) is 4. The number of nitrogens with one attached hydrogen (secondary N) is 2. The second-order valence-electron chi connectivity index (χ2n) is 11.4. The average molecular weight is 532 g/mol. The van der Waals surface area contributed by atoms with Crippen molar-refractivity contribution in [1.29, 1.82) is 0 Å². The number of rotatable bonds is 7. The molecule has 2 saturated carbocycles. The zero-order valence-electron chi connectivity index (χ0n) is 21.1. The second-order valence-corrected chi connectivity index (χ2v) is 14.8. The maximum atomic E-state index is 13.5. The van der Waals surface area contributed by atoms with Gasteiger partial charge in [0.25, 0.3) is 0 Å². The van der Waals surface area contributed by atoms with Gasteiger partial charge in [-0.25, -0.2) is 4.79 Å². The molecule has 4 aliphatic rings. The predicted molar refractivity (Wildman–Crippen MR) is 142 cm³/mol. The SMILES string of the molecule is C[C@H](C[Si@@H]1CCCNC1=O)NC(=O)C1CC(C2CCCC2)CN1C(=O)OC1(c2cccc(Cl)c2)CC1. The maximum absolute atomic E-state index is 13.5. The molecule has 1 aromatic carbocycles. The lowest BCUT2D eigenvalue weighted by Crippen LogP contribution is -2.51. The molecule has 196 valence electrons. The highest BCUT2D eigenvalue weighted by Gasteiger charge is 2.52. The molecule has 2 heterocycles. The van der Waals surface area contributed by atoms with Crippen molar-refractivity contribution in [2.75, 3.05) is 13.1 Å². The third-order valence-corrected chi connectivity index (χ3v) is 12.3. The molecule has 1 aromatic rings. The summed E-state index contributed by atoms with van der Waals surface area (Å²) in [6, 6.07) is 8.65. The third kappa shape index (κ3) is 5.59. The molecular formula is C27H38ClN3O4Si. The maximum Gasteiger partial charge on any atom is 0.411 e. The first-order valence-electron chi connectivity index (χ1n) is 13.7. The van der Waals surface area contributed by atoms with Gasteiger partial charge in [0.2, 0.25) is 5.91 Å². The Bertz CT molecular complexity index is 997. The van der Waals surface area contributed by atoms with Gasteiger partial charge in [-0.3, -0.25) is 14.5 Å². The van der Waals surface area contributed by atoms with Crippen molar-refractivity contribution in [3.8, 4) is 0 Å². The molecule has 2 aliphatic carbocycles. The molecule has 4 atom stereocenters. The standard InChI is InChI=1S/C27H38ClN3O4Si/c1-18(17-36-13-5-12-29-25(36)33)30-24(32)23-14-20(19-6-2-3-7-19)16-31(23)26(34)35-27(10-11-27)21-8-4-9-22(28)15-21/h4,8-9,15,18-20,23,36H,2-3,5-7,10-14,16-17H2,1H3,(H,29,33)(H,30,32)/t18-,20?,23?,36+/m1/s1. The Morgan fingerprint density at radius 2 is 2.03 bits per heavy atom. The lowest BCUT2D eigenvalue weighted by Gasteiger charge is -2.28. The molecule has 2 aliphatic heterocycles. The van der Waals surface area contributed by atoms with Crippen LogP contribution in [0.15, 0.2) is 24.3 Å². The van der Waals surface area contributed by atoms with Crippen LogP contribution in [-0.4, -0.2) is 56.4 Å². The van der Waals surface area contributed by atoms with Crippen LogP contribution in [0.2, 0.25) is 17.1 Å². The lowest BCUT2D eigenvalue weighted by atomic mass is 9.89. The summed E-state index contributed by atoms with van der Waals surface area (Å²) < 4.78 is 6.11. The van der Waals surface area contributed by atoms with E-state index in [1.165, 1.54) is 25.7 Å². The summed E-state index contributed by atoms with van der Waals surface area (Å²) in [6.07, 6.45) is 7.65. The van der Waals surface area contributed by atoms with Crippen molar-refractivity contribution >= 4 is 37.9 Å². The first-order valence-corrected chi connectivity index (χ1v) is 16.3. The van der Waals surface area contributed by atoms with Crippen LogP contribution >= 0.6 is 11.6 Å². The Labute approximate surface area is 220 Å². The van der Waals surface area contributed by atoms with Crippen LogP contribution in [0, 0.1) is 11.8 Å². The Hall–Kier alpha value is -2.06. The van der Waals surface area contributed by atoms with Gasteiger partial charge in [-0.1, -0.05) is 49.4 Å². The van der Waals surface area contributed by atoms with Gasteiger partial charge in [0, 0.05) is 24.2 Å². The fourth-order valence-corrected chi connectivity index (χ4v) is 9.54. The van der Waals surface area contributed by atoms with Crippen LogP contribution in [0.1, 0.15) is 63.9 Å². The van der Waals surface area contributed by atoms with Gasteiger partial charge in [-0.2, -0.15) is 0 Å². The minimum absolute atomic E-state index is 0.0809. The van der Waals surface area contributed by atoms with Gasteiger partial charge in [0.05, 0.1) is 0 Å². The molecule has 2 unspecified atom stereocenters. The molecule has 2 N–H and O–H groups in total. The number of nitrogens with zero attached hydrogens (tertiary/aromatic N) is 1. The van der Waals surface area contributed by atoms with Gasteiger partial charge in [-0.15, -0.1) is 0 Å². The normalized spacial score (nSPS) is 28.4. The molecule has 0 bridgehead atoms. The molecular weight excluding hydrogens is 494 g/mol. The van der Waals surface area contributed by atoms with Crippen molar-refractivity contribution < 1.29 is 19.1 Å². The molecule has 0 radical (unpaired) electrons. The largest absolute Gasteiger partial charge is 0.438 e. The van der Waals surface area contributed by atoms with Crippen molar-refractivity contribution in [2.45, 2.75) is 88.1 Å². The number of likely N-dealkylation sites (tertiary alicyclic amines) is 1. The van der Waals surface area contributed by atoms with Crippen molar-refractivity contribution in [3.63, 3.8) is 0 Å². The summed E-state index contributed by atoms with van der Waals surface area (Å²) in [5.74, 6) is 0.778. The summed E-state index contributed by atoms with van der Waals surface area (Å²) >= 11 is 6.20. The van der Waals surface area contributed by atoms with Crippen LogP contribution in [0.3, 0.4) is 0 Å². The minimum Gasteiger partial charge on any atom is -0.438 e. The number of ether oxygens (including phenoxy) is 1. The summed E-state index contributed by atoms with van der Waals surface area (Å²) in [7, 11) is -1.58. The van der Waals surface area contributed by atoms with Gasteiger partial charge in [0.15, 0.2) is 5.53 Å². The molecule has 9 heteroatoms. The van der Waals surface area contributed by atoms with Crippen LogP contribution in [0.4, 0.5) is 9.59 Å². The fourth-order valence-electron chi connectivity index (χ4n) is 6.54. The van der Waals surface area contributed by atoms with E-state index in [9.17, 15) is 14.4 Å². The molecule has 36 heavy (non-hydrogen) atoms. The zero-order valence-corrected chi connectivity index (χ0v) is 23.1. The average Bonchev–Trinajstić information content (AvgIpc) is 3.23. The Balaban J connectivity index is 1.26. The minimum atomic E-state index is -1.58.